The van der Waals surface area contributed by atoms with Gasteiger partial charge in [0.25, 0.3) is 0 Å². The van der Waals surface area contributed by atoms with Crippen LogP contribution in [0.3, 0.4) is 0 Å². The molecule has 1 saturated heterocycles. The van der Waals surface area contributed by atoms with Crippen molar-refractivity contribution in [1.82, 2.24) is 10.2 Å². The molecule has 0 aliphatic carbocycles. The van der Waals surface area contributed by atoms with Crippen LogP contribution in [-0.4, -0.2) is 45.4 Å². The minimum Gasteiger partial charge on any atom is -0.355 e. The third kappa shape index (κ3) is 7.76. The first-order valence-corrected chi connectivity index (χ1v) is 12.5. The van der Waals surface area contributed by atoms with Gasteiger partial charge in [0.2, 0.25) is 15.9 Å². The molecule has 1 aliphatic rings. The van der Waals surface area contributed by atoms with Crippen LogP contribution < -0.4 is 10.5 Å². The minimum atomic E-state index is -3.67. The van der Waals surface area contributed by atoms with E-state index in [4.69, 9.17) is 5.14 Å². The second-order valence-electron chi connectivity index (χ2n) is 8.53. The molecular formula is C24H33N3O3S. The Balaban J connectivity index is 1.31. The summed E-state index contributed by atoms with van der Waals surface area (Å²) in [4.78, 5) is 14.6. The Kier molecular flexibility index (Phi) is 8.23. The molecule has 6 nitrogen and oxygen atoms in total. The molecule has 3 rings (SSSR count). The molecule has 0 aromatic heterocycles. The fourth-order valence-corrected chi connectivity index (χ4v) is 4.53. The number of hydrogen-bond donors (Lipinski definition) is 2. The maximum Gasteiger partial charge on any atom is 0.238 e. The van der Waals surface area contributed by atoms with Gasteiger partial charge in [-0.2, -0.15) is 0 Å². The molecule has 31 heavy (non-hydrogen) atoms. The lowest BCUT2D eigenvalue weighted by Crippen LogP contribution is -2.42. The fourth-order valence-electron chi connectivity index (χ4n) is 4.01. The summed E-state index contributed by atoms with van der Waals surface area (Å²) in [5, 5.41) is 8.07. The van der Waals surface area contributed by atoms with Crippen molar-refractivity contribution in [3.05, 3.63) is 65.2 Å². The highest BCUT2D eigenvalue weighted by molar-refractivity contribution is 7.89. The molecule has 168 valence electrons. The van der Waals surface area contributed by atoms with E-state index in [1.807, 2.05) is 0 Å². The highest BCUT2D eigenvalue weighted by Crippen LogP contribution is 2.22. The van der Waals surface area contributed by atoms with Crippen molar-refractivity contribution in [2.24, 2.45) is 11.1 Å². The van der Waals surface area contributed by atoms with Crippen LogP contribution in [0.5, 0.6) is 0 Å². The number of primary sulfonamides is 1. The molecular weight excluding hydrogens is 410 g/mol. The Morgan fingerprint density at radius 2 is 1.58 bits per heavy atom. The summed E-state index contributed by atoms with van der Waals surface area (Å²) in [6, 6.07) is 15.3. The quantitative estimate of drug-likeness (QED) is 0.623. The summed E-state index contributed by atoms with van der Waals surface area (Å²) >= 11 is 0. The average Bonchev–Trinajstić information content (AvgIpc) is 2.74. The molecule has 0 saturated carbocycles. The van der Waals surface area contributed by atoms with E-state index in [2.05, 4.69) is 41.4 Å². The van der Waals surface area contributed by atoms with E-state index in [0.29, 0.717) is 19.5 Å². The molecule has 1 heterocycles. The van der Waals surface area contributed by atoms with Crippen molar-refractivity contribution in [2.75, 3.05) is 26.2 Å². The predicted octanol–water partition coefficient (Wildman–Crippen LogP) is 2.65. The number of sulfonamides is 1. The molecule has 0 unspecified atom stereocenters. The van der Waals surface area contributed by atoms with Gasteiger partial charge in [-0.3, -0.25) is 9.69 Å². The van der Waals surface area contributed by atoms with E-state index in [-0.39, 0.29) is 10.8 Å². The summed E-state index contributed by atoms with van der Waals surface area (Å²) in [7, 11) is -3.67. The zero-order chi connectivity index (χ0) is 22.3. The number of hydrogen-bond acceptors (Lipinski definition) is 4. The standard InChI is InChI=1S/C24H33N3O3S/c1-19-2-4-20(5-3-19)6-7-22-13-16-27(17-14-22)18-24(28)26-15-12-21-8-10-23(11-9-21)31(25,29)30/h2-5,8-11,22H,6-7,12-18H2,1H3,(H,26,28)(H2,25,29,30). The third-order valence-electron chi connectivity index (χ3n) is 6.02. The van der Waals surface area contributed by atoms with E-state index in [9.17, 15) is 13.2 Å². The second-order valence-corrected chi connectivity index (χ2v) is 10.1. The second kappa shape index (κ2) is 10.9. The van der Waals surface area contributed by atoms with Gasteiger partial charge in [0.15, 0.2) is 0 Å². The molecule has 3 N–H and O–H groups in total. The van der Waals surface area contributed by atoms with Crippen LogP contribution in [0.1, 0.15) is 36.0 Å². The van der Waals surface area contributed by atoms with Crippen molar-refractivity contribution in [3.8, 4) is 0 Å². The van der Waals surface area contributed by atoms with Crippen molar-refractivity contribution in [3.63, 3.8) is 0 Å². The normalized spacial score (nSPS) is 15.7. The van der Waals surface area contributed by atoms with Crippen LogP contribution in [0.4, 0.5) is 0 Å². The van der Waals surface area contributed by atoms with Gasteiger partial charge < -0.3 is 5.32 Å². The fraction of sp³-hybridized carbons (Fsp3) is 0.458. The number of nitrogens with zero attached hydrogens (tertiary/aromatic N) is 1. The van der Waals surface area contributed by atoms with Crippen molar-refractivity contribution in [2.45, 2.75) is 43.9 Å². The number of nitrogens with two attached hydrogens (primary N) is 1. The third-order valence-corrected chi connectivity index (χ3v) is 6.95. The van der Waals surface area contributed by atoms with Crippen molar-refractivity contribution < 1.29 is 13.2 Å². The van der Waals surface area contributed by atoms with Crippen LogP contribution in [0.25, 0.3) is 0 Å². The van der Waals surface area contributed by atoms with Crippen LogP contribution >= 0.6 is 0 Å². The maximum atomic E-state index is 12.3. The number of nitrogens with one attached hydrogen (secondary N) is 1. The van der Waals surface area contributed by atoms with Gasteiger partial charge in [0.05, 0.1) is 11.4 Å². The summed E-state index contributed by atoms with van der Waals surface area (Å²) in [6.45, 7) is 5.03. The van der Waals surface area contributed by atoms with Crippen molar-refractivity contribution in [1.29, 1.82) is 0 Å². The van der Waals surface area contributed by atoms with Crippen LogP contribution in [-0.2, 0) is 27.7 Å². The highest BCUT2D eigenvalue weighted by atomic mass is 32.2. The van der Waals surface area contributed by atoms with Gasteiger partial charge >= 0.3 is 0 Å². The Bertz CT molecular complexity index is 949. The zero-order valence-electron chi connectivity index (χ0n) is 18.2. The summed E-state index contributed by atoms with van der Waals surface area (Å²) < 4.78 is 22.6. The molecule has 1 aliphatic heterocycles. The summed E-state index contributed by atoms with van der Waals surface area (Å²) in [5.74, 6) is 0.778. The Morgan fingerprint density at radius 3 is 2.19 bits per heavy atom. The maximum absolute atomic E-state index is 12.3. The molecule has 1 amide bonds. The van der Waals surface area contributed by atoms with Gasteiger partial charge in [-0.1, -0.05) is 42.0 Å². The molecule has 0 atom stereocenters. The Labute approximate surface area is 185 Å². The number of rotatable bonds is 9. The average molecular weight is 444 g/mol. The molecule has 0 spiro atoms. The van der Waals surface area contributed by atoms with E-state index in [0.717, 1.165) is 43.8 Å². The number of likely N-dealkylation sites (tertiary alicyclic amines) is 1. The van der Waals surface area contributed by atoms with Crippen LogP contribution in [0, 0.1) is 12.8 Å². The predicted molar refractivity (Wildman–Crippen MR) is 123 cm³/mol. The monoisotopic (exact) mass is 443 g/mol. The Hall–Kier alpha value is -2.22. The van der Waals surface area contributed by atoms with Crippen molar-refractivity contribution >= 4 is 15.9 Å². The van der Waals surface area contributed by atoms with Gasteiger partial charge in [0, 0.05) is 6.54 Å². The van der Waals surface area contributed by atoms with E-state index < -0.39 is 10.0 Å². The molecule has 1 fully saturated rings. The smallest absolute Gasteiger partial charge is 0.238 e. The lowest BCUT2D eigenvalue weighted by atomic mass is 9.90. The van der Waals surface area contributed by atoms with Gasteiger partial charge in [-0.25, -0.2) is 13.6 Å². The first kappa shape index (κ1) is 23.4. The molecule has 0 bridgehead atoms. The topological polar surface area (TPSA) is 92.5 Å². The number of benzene rings is 2. The minimum absolute atomic E-state index is 0.0410. The number of carbonyl (C=O) groups is 1. The lowest BCUT2D eigenvalue weighted by molar-refractivity contribution is -0.122. The molecule has 2 aromatic carbocycles. The molecule has 2 aromatic rings. The zero-order valence-corrected chi connectivity index (χ0v) is 19.0. The van der Waals surface area contributed by atoms with E-state index in [1.54, 1.807) is 12.1 Å². The first-order chi connectivity index (χ1) is 14.8. The van der Waals surface area contributed by atoms with E-state index >= 15 is 0 Å². The Morgan fingerprint density at radius 1 is 1.00 bits per heavy atom. The molecule has 0 radical (unpaired) electrons. The first-order valence-electron chi connectivity index (χ1n) is 11.0. The van der Waals surface area contributed by atoms with Gasteiger partial charge in [-0.15, -0.1) is 0 Å². The molecule has 7 heteroatoms. The number of piperidine rings is 1. The van der Waals surface area contributed by atoms with Crippen LogP contribution in [0.2, 0.25) is 0 Å². The largest absolute Gasteiger partial charge is 0.355 e. The lowest BCUT2D eigenvalue weighted by Gasteiger charge is -2.31. The number of aryl methyl sites for hydroxylation is 2. The summed E-state index contributed by atoms with van der Waals surface area (Å²) in [6.07, 6.45) is 5.29. The van der Waals surface area contributed by atoms with Crippen LogP contribution in [0.15, 0.2) is 53.4 Å². The number of carbonyl (C=O) groups excluding carboxylic acids is 1. The number of amides is 1. The highest BCUT2D eigenvalue weighted by Gasteiger charge is 2.20. The SMILES string of the molecule is Cc1ccc(CCC2CCN(CC(=O)NCCc3ccc(S(N)(=O)=O)cc3)CC2)cc1. The van der Waals surface area contributed by atoms with E-state index in [1.165, 1.54) is 29.7 Å². The summed E-state index contributed by atoms with van der Waals surface area (Å²) in [5.41, 5.74) is 3.67. The van der Waals surface area contributed by atoms with Gasteiger partial charge in [-0.05, 0) is 81.3 Å². The van der Waals surface area contributed by atoms with Gasteiger partial charge in [0.1, 0.15) is 0 Å².